The van der Waals surface area contributed by atoms with Crippen molar-refractivity contribution in [2.75, 3.05) is 0 Å². The van der Waals surface area contributed by atoms with Gasteiger partial charge in [0.2, 0.25) is 0 Å². The van der Waals surface area contributed by atoms with Crippen LogP contribution in [0, 0.1) is 0 Å². The fraction of sp³-hybridized carbons (Fsp3) is 0. The first-order valence-electron chi connectivity index (χ1n) is 2.89. The Morgan fingerprint density at radius 1 is 1.45 bits per heavy atom. The minimum atomic E-state index is 0.817. The highest BCUT2D eigenvalue weighted by Crippen LogP contribution is 2.24. The van der Waals surface area contributed by atoms with Gasteiger partial charge in [-0.05, 0) is 38.9 Å². The predicted molar refractivity (Wildman–Crippen MR) is 50.9 cm³/mol. The van der Waals surface area contributed by atoms with E-state index >= 15 is 0 Å². The molecular formula is C6H3BrN2S2. The summed E-state index contributed by atoms with van der Waals surface area (Å²) in [6.07, 6.45) is 0. The van der Waals surface area contributed by atoms with Crippen molar-refractivity contribution in [3.63, 3.8) is 0 Å². The summed E-state index contributed by atoms with van der Waals surface area (Å²) in [5.74, 6) is 0.817. The molecule has 2 aromatic heterocycles. The lowest BCUT2D eigenvalue weighted by Gasteiger charge is -1.82. The van der Waals surface area contributed by atoms with Gasteiger partial charge in [-0.1, -0.05) is 6.07 Å². The average Bonchev–Trinajstić information content (AvgIpc) is 2.55. The molecule has 0 unspecified atom stereocenters. The first-order chi connectivity index (χ1) is 5.36. The lowest BCUT2D eigenvalue weighted by atomic mass is 10.5. The van der Waals surface area contributed by atoms with E-state index in [2.05, 4.69) is 25.3 Å². The normalized spacial score (nSPS) is 10.3. The van der Waals surface area contributed by atoms with Crippen molar-refractivity contribution in [3.8, 4) is 10.7 Å². The third-order valence-corrected chi connectivity index (χ3v) is 3.13. The van der Waals surface area contributed by atoms with E-state index in [0.29, 0.717) is 0 Å². The highest BCUT2D eigenvalue weighted by molar-refractivity contribution is 9.11. The number of thiophene rings is 1. The fourth-order valence-electron chi connectivity index (χ4n) is 0.711. The second-order valence-electron chi connectivity index (χ2n) is 1.85. The smallest absolute Gasteiger partial charge is 0.184 e. The molecule has 0 bridgehead atoms. The van der Waals surface area contributed by atoms with Crippen molar-refractivity contribution in [1.29, 1.82) is 0 Å². The van der Waals surface area contributed by atoms with Crippen LogP contribution in [0.15, 0.2) is 21.4 Å². The maximum Gasteiger partial charge on any atom is 0.184 e. The second kappa shape index (κ2) is 3.00. The van der Waals surface area contributed by atoms with Crippen LogP contribution in [0.25, 0.3) is 10.7 Å². The number of nitrogens with zero attached hydrogens (tertiary/aromatic N) is 2. The van der Waals surface area contributed by atoms with Crippen molar-refractivity contribution in [1.82, 2.24) is 9.36 Å². The molecule has 0 aliphatic heterocycles. The molecule has 2 nitrogen and oxygen atoms in total. The SMILES string of the molecule is Brc1nc(-c2cccs2)ns1. The summed E-state index contributed by atoms with van der Waals surface area (Å²) in [5.41, 5.74) is 0. The van der Waals surface area contributed by atoms with Crippen LogP contribution in [0.2, 0.25) is 0 Å². The van der Waals surface area contributed by atoms with E-state index in [1.807, 2.05) is 17.5 Å². The summed E-state index contributed by atoms with van der Waals surface area (Å²) in [6.45, 7) is 0. The van der Waals surface area contributed by atoms with Gasteiger partial charge < -0.3 is 0 Å². The third-order valence-electron chi connectivity index (χ3n) is 1.14. The first-order valence-corrected chi connectivity index (χ1v) is 5.34. The van der Waals surface area contributed by atoms with Crippen molar-refractivity contribution >= 4 is 38.8 Å². The Morgan fingerprint density at radius 2 is 2.36 bits per heavy atom. The number of hydrogen-bond acceptors (Lipinski definition) is 4. The van der Waals surface area contributed by atoms with E-state index in [9.17, 15) is 0 Å². The molecule has 2 rings (SSSR count). The highest BCUT2D eigenvalue weighted by Gasteiger charge is 2.03. The number of aromatic nitrogens is 2. The second-order valence-corrected chi connectivity index (χ2v) is 4.82. The van der Waals surface area contributed by atoms with Crippen LogP contribution < -0.4 is 0 Å². The molecule has 0 spiro atoms. The van der Waals surface area contributed by atoms with Gasteiger partial charge in [0.15, 0.2) is 9.74 Å². The Kier molecular flexibility index (Phi) is 2.02. The summed E-state index contributed by atoms with van der Waals surface area (Å²) in [7, 11) is 0. The predicted octanol–water partition coefficient (Wildman–Crippen LogP) is 3.03. The minimum absolute atomic E-state index is 0.817. The molecule has 0 atom stereocenters. The van der Waals surface area contributed by atoms with E-state index in [0.717, 1.165) is 14.6 Å². The van der Waals surface area contributed by atoms with Crippen LogP contribution in [0.5, 0.6) is 0 Å². The van der Waals surface area contributed by atoms with Gasteiger partial charge in [-0.2, -0.15) is 4.37 Å². The molecule has 0 aliphatic rings. The van der Waals surface area contributed by atoms with Crippen molar-refractivity contribution in [3.05, 3.63) is 21.4 Å². The van der Waals surface area contributed by atoms with Crippen molar-refractivity contribution < 1.29 is 0 Å². The Bertz CT molecular complexity index is 341. The molecule has 0 N–H and O–H groups in total. The molecule has 0 aromatic carbocycles. The van der Waals surface area contributed by atoms with Gasteiger partial charge in [0.1, 0.15) is 0 Å². The Hall–Kier alpha value is -0.260. The van der Waals surface area contributed by atoms with Crippen LogP contribution in [-0.2, 0) is 0 Å². The van der Waals surface area contributed by atoms with Crippen LogP contribution in [0.4, 0.5) is 0 Å². The summed E-state index contributed by atoms with van der Waals surface area (Å²) in [5, 5.41) is 2.02. The van der Waals surface area contributed by atoms with Gasteiger partial charge in [-0.25, -0.2) is 4.98 Å². The maximum absolute atomic E-state index is 4.19. The lowest BCUT2D eigenvalue weighted by molar-refractivity contribution is 1.32. The van der Waals surface area contributed by atoms with Gasteiger partial charge in [-0.3, -0.25) is 0 Å². The largest absolute Gasteiger partial charge is 0.207 e. The fourth-order valence-corrected chi connectivity index (χ4v) is 2.24. The first kappa shape index (κ1) is 7.39. The summed E-state index contributed by atoms with van der Waals surface area (Å²) in [6, 6.07) is 4.01. The molecule has 11 heavy (non-hydrogen) atoms. The standard InChI is InChI=1S/C6H3BrN2S2/c7-6-8-5(9-11-6)4-2-1-3-10-4/h1-3H. The van der Waals surface area contributed by atoms with Crippen LogP contribution in [0.1, 0.15) is 0 Å². The zero-order chi connectivity index (χ0) is 7.68. The maximum atomic E-state index is 4.19. The molecule has 2 aromatic rings. The number of rotatable bonds is 1. The zero-order valence-corrected chi connectivity index (χ0v) is 8.54. The molecule has 56 valence electrons. The molecule has 5 heteroatoms. The summed E-state index contributed by atoms with van der Waals surface area (Å²) < 4.78 is 4.99. The highest BCUT2D eigenvalue weighted by atomic mass is 79.9. The van der Waals surface area contributed by atoms with Gasteiger partial charge in [0.25, 0.3) is 0 Å². The topological polar surface area (TPSA) is 25.8 Å². The van der Waals surface area contributed by atoms with Crippen LogP contribution in [-0.4, -0.2) is 9.36 Å². The molecule has 0 fully saturated rings. The van der Waals surface area contributed by atoms with Gasteiger partial charge in [0.05, 0.1) is 4.88 Å². The third kappa shape index (κ3) is 1.50. The Morgan fingerprint density at radius 3 is 2.91 bits per heavy atom. The van der Waals surface area contributed by atoms with Gasteiger partial charge in [0, 0.05) is 0 Å². The molecule has 2 heterocycles. The molecule has 0 radical (unpaired) electrons. The number of halogens is 1. The summed E-state index contributed by atoms with van der Waals surface area (Å²) in [4.78, 5) is 5.31. The van der Waals surface area contributed by atoms with Crippen molar-refractivity contribution in [2.24, 2.45) is 0 Å². The molecular weight excluding hydrogens is 244 g/mol. The number of hydrogen-bond donors (Lipinski definition) is 0. The zero-order valence-electron chi connectivity index (χ0n) is 5.32. The van der Waals surface area contributed by atoms with Crippen molar-refractivity contribution in [2.45, 2.75) is 0 Å². The lowest BCUT2D eigenvalue weighted by Crippen LogP contribution is -1.71. The van der Waals surface area contributed by atoms with E-state index in [-0.39, 0.29) is 0 Å². The monoisotopic (exact) mass is 246 g/mol. The van der Waals surface area contributed by atoms with Gasteiger partial charge >= 0.3 is 0 Å². The van der Waals surface area contributed by atoms with E-state index < -0.39 is 0 Å². The molecule has 0 saturated carbocycles. The molecule has 0 aliphatic carbocycles. The summed E-state index contributed by atoms with van der Waals surface area (Å²) >= 11 is 6.28. The van der Waals surface area contributed by atoms with E-state index in [1.54, 1.807) is 11.3 Å². The molecule has 0 amide bonds. The Labute approximate surface area is 80.2 Å². The van der Waals surface area contributed by atoms with Crippen LogP contribution >= 0.6 is 38.8 Å². The quantitative estimate of drug-likeness (QED) is 0.774. The minimum Gasteiger partial charge on any atom is -0.207 e. The van der Waals surface area contributed by atoms with Gasteiger partial charge in [-0.15, -0.1) is 11.3 Å². The molecule has 0 saturated heterocycles. The average molecular weight is 247 g/mol. The van der Waals surface area contributed by atoms with E-state index in [4.69, 9.17) is 0 Å². The van der Waals surface area contributed by atoms with Crippen LogP contribution in [0.3, 0.4) is 0 Å². The van der Waals surface area contributed by atoms with E-state index in [1.165, 1.54) is 11.5 Å². The Balaban J connectivity index is 2.45.